The van der Waals surface area contributed by atoms with E-state index in [1.807, 2.05) is 13.0 Å². The molecule has 0 radical (unpaired) electrons. The van der Waals surface area contributed by atoms with Gasteiger partial charge in [-0.3, -0.25) is 0 Å². The highest BCUT2D eigenvalue weighted by molar-refractivity contribution is 5.67. The Hall–Kier alpha value is -1.55. The lowest BCUT2D eigenvalue weighted by Gasteiger charge is -2.26. The molecule has 4 heteroatoms. The van der Waals surface area contributed by atoms with Gasteiger partial charge in [-0.1, -0.05) is 31.2 Å². The minimum atomic E-state index is -0.332. The first-order valence-electron chi connectivity index (χ1n) is 6.53. The van der Waals surface area contributed by atoms with Crippen molar-refractivity contribution in [3.63, 3.8) is 0 Å². The normalized spacial score (nSPS) is 17.9. The van der Waals surface area contributed by atoms with Gasteiger partial charge in [0.1, 0.15) is 0 Å². The fourth-order valence-electron chi connectivity index (χ4n) is 2.21. The SMILES string of the molecule is CCCOC(=O)NCC1NCCc2ccccc21. The van der Waals surface area contributed by atoms with Crippen molar-refractivity contribution in [2.45, 2.75) is 25.8 Å². The van der Waals surface area contributed by atoms with Crippen molar-refractivity contribution >= 4 is 6.09 Å². The number of benzene rings is 1. The zero-order chi connectivity index (χ0) is 12.8. The molecule has 2 rings (SSSR count). The van der Waals surface area contributed by atoms with E-state index in [-0.39, 0.29) is 12.1 Å². The summed E-state index contributed by atoms with van der Waals surface area (Å²) in [6.07, 6.45) is 1.56. The van der Waals surface area contributed by atoms with Gasteiger partial charge in [-0.05, 0) is 30.5 Å². The molecule has 0 saturated carbocycles. The van der Waals surface area contributed by atoms with Crippen molar-refractivity contribution in [2.24, 2.45) is 0 Å². The summed E-state index contributed by atoms with van der Waals surface area (Å²) in [5.41, 5.74) is 2.64. The van der Waals surface area contributed by atoms with E-state index in [0.717, 1.165) is 19.4 Å². The van der Waals surface area contributed by atoms with E-state index in [1.54, 1.807) is 0 Å². The van der Waals surface area contributed by atoms with Gasteiger partial charge < -0.3 is 15.4 Å². The van der Waals surface area contributed by atoms with Gasteiger partial charge in [-0.25, -0.2) is 4.79 Å². The van der Waals surface area contributed by atoms with Crippen LogP contribution in [0.15, 0.2) is 24.3 Å². The maximum Gasteiger partial charge on any atom is 0.407 e. The Labute approximate surface area is 108 Å². The molecule has 4 nitrogen and oxygen atoms in total. The Kier molecular flexibility index (Phi) is 4.59. The minimum Gasteiger partial charge on any atom is -0.450 e. The first kappa shape index (κ1) is 12.9. The van der Waals surface area contributed by atoms with Crippen molar-refractivity contribution in [3.8, 4) is 0 Å². The van der Waals surface area contributed by atoms with Crippen LogP contribution >= 0.6 is 0 Å². The van der Waals surface area contributed by atoms with E-state index in [0.29, 0.717) is 13.2 Å². The van der Waals surface area contributed by atoms with Crippen LogP contribution in [0.5, 0.6) is 0 Å². The molecule has 98 valence electrons. The van der Waals surface area contributed by atoms with Crippen LogP contribution in [0.3, 0.4) is 0 Å². The predicted molar refractivity (Wildman–Crippen MR) is 70.5 cm³/mol. The lowest BCUT2D eigenvalue weighted by Crippen LogP contribution is -2.39. The highest BCUT2D eigenvalue weighted by Crippen LogP contribution is 2.21. The number of ether oxygens (including phenoxy) is 1. The van der Waals surface area contributed by atoms with Crippen LogP contribution in [0, 0.1) is 0 Å². The smallest absolute Gasteiger partial charge is 0.407 e. The summed E-state index contributed by atoms with van der Waals surface area (Å²) in [5.74, 6) is 0. The molecule has 0 bridgehead atoms. The molecule has 1 heterocycles. The summed E-state index contributed by atoms with van der Waals surface area (Å²) >= 11 is 0. The fraction of sp³-hybridized carbons (Fsp3) is 0.500. The lowest BCUT2D eigenvalue weighted by molar-refractivity contribution is 0.145. The van der Waals surface area contributed by atoms with Crippen LogP contribution in [-0.4, -0.2) is 25.8 Å². The third-order valence-corrected chi connectivity index (χ3v) is 3.10. The summed E-state index contributed by atoms with van der Waals surface area (Å²) < 4.78 is 4.99. The van der Waals surface area contributed by atoms with E-state index in [2.05, 4.69) is 28.8 Å². The van der Waals surface area contributed by atoms with Crippen LogP contribution in [0.4, 0.5) is 4.79 Å². The van der Waals surface area contributed by atoms with Crippen molar-refractivity contribution in [3.05, 3.63) is 35.4 Å². The summed E-state index contributed by atoms with van der Waals surface area (Å²) in [6.45, 7) is 3.97. The van der Waals surface area contributed by atoms with E-state index >= 15 is 0 Å². The van der Waals surface area contributed by atoms with E-state index in [9.17, 15) is 4.79 Å². The minimum absolute atomic E-state index is 0.184. The molecule has 0 aliphatic carbocycles. The monoisotopic (exact) mass is 248 g/mol. The highest BCUT2D eigenvalue weighted by Gasteiger charge is 2.19. The Morgan fingerprint density at radius 1 is 1.50 bits per heavy atom. The summed E-state index contributed by atoms with van der Waals surface area (Å²) in [7, 11) is 0. The average molecular weight is 248 g/mol. The van der Waals surface area contributed by atoms with Crippen LogP contribution in [-0.2, 0) is 11.2 Å². The topological polar surface area (TPSA) is 50.4 Å². The molecule has 0 spiro atoms. The second-order valence-electron chi connectivity index (χ2n) is 4.47. The molecule has 1 unspecified atom stereocenters. The van der Waals surface area contributed by atoms with E-state index in [1.165, 1.54) is 11.1 Å². The highest BCUT2D eigenvalue weighted by atomic mass is 16.5. The molecular formula is C14H20N2O2. The number of fused-ring (bicyclic) bond motifs is 1. The second kappa shape index (κ2) is 6.40. The van der Waals surface area contributed by atoms with Gasteiger partial charge >= 0.3 is 6.09 Å². The Morgan fingerprint density at radius 2 is 2.33 bits per heavy atom. The fourth-order valence-corrected chi connectivity index (χ4v) is 2.21. The maximum atomic E-state index is 11.4. The largest absolute Gasteiger partial charge is 0.450 e. The molecule has 1 aliphatic heterocycles. The van der Waals surface area contributed by atoms with Crippen molar-refractivity contribution in [1.29, 1.82) is 0 Å². The Morgan fingerprint density at radius 3 is 3.17 bits per heavy atom. The zero-order valence-corrected chi connectivity index (χ0v) is 10.7. The van der Waals surface area contributed by atoms with Gasteiger partial charge in [0.05, 0.1) is 12.6 Å². The summed E-state index contributed by atoms with van der Waals surface area (Å²) in [5, 5.41) is 6.22. The molecule has 1 amide bonds. The van der Waals surface area contributed by atoms with Crippen LogP contribution in [0.2, 0.25) is 0 Å². The molecular weight excluding hydrogens is 228 g/mol. The standard InChI is InChI=1S/C14H20N2O2/c1-2-9-18-14(17)16-10-13-12-6-4-3-5-11(12)7-8-15-13/h3-6,13,15H,2,7-10H2,1H3,(H,16,17). The average Bonchev–Trinajstić information content (AvgIpc) is 2.42. The first-order valence-corrected chi connectivity index (χ1v) is 6.53. The number of amides is 1. The number of nitrogens with one attached hydrogen (secondary N) is 2. The quantitative estimate of drug-likeness (QED) is 0.857. The van der Waals surface area contributed by atoms with Crippen LogP contribution in [0.1, 0.15) is 30.5 Å². The molecule has 1 aromatic carbocycles. The molecule has 1 aliphatic rings. The Balaban J connectivity index is 1.89. The predicted octanol–water partition coefficient (Wildman–Crippen LogP) is 2.01. The molecule has 18 heavy (non-hydrogen) atoms. The molecule has 2 N–H and O–H groups in total. The number of alkyl carbamates (subject to hydrolysis) is 1. The van der Waals surface area contributed by atoms with Gasteiger partial charge in [0.2, 0.25) is 0 Å². The number of carbonyl (C=O) groups excluding carboxylic acids is 1. The maximum absolute atomic E-state index is 11.4. The number of hydrogen-bond donors (Lipinski definition) is 2. The van der Waals surface area contributed by atoms with E-state index in [4.69, 9.17) is 4.74 Å². The van der Waals surface area contributed by atoms with E-state index < -0.39 is 0 Å². The number of rotatable bonds is 4. The molecule has 0 fully saturated rings. The lowest BCUT2D eigenvalue weighted by atomic mass is 9.94. The Bertz CT molecular complexity index is 407. The number of hydrogen-bond acceptors (Lipinski definition) is 3. The number of carbonyl (C=O) groups is 1. The molecule has 0 saturated heterocycles. The molecule has 0 aromatic heterocycles. The zero-order valence-electron chi connectivity index (χ0n) is 10.7. The van der Waals surface area contributed by atoms with Gasteiger partial charge in [-0.2, -0.15) is 0 Å². The summed E-state index contributed by atoms with van der Waals surface area (Å²) in [6, 6.07) is 8.55. The third-order valence-electron chi connectivity index (χ3n) is 3.10. The van der Waals surface area contributed by atoms with Crippen LogP contribution < -0.4 is 10.6 Å². The van der Waals surface area contributed by atoms with Crippen molar-refractivity contribution in [1.82, 2.24) is 10.6 Å². The third kappa shape index (κ3) is 3.23. The second-order valence-corrected chi connectivity index (χ2v) is 4.47. The van der Waals surface area contributed by atoms with Gasteiger partial charge in [0, 0.05) is 6.54 Å². The molecule has 1 atom stereocenters. The summed E-state index contributed by atoms with van der Waals surface area (Å²) in [4.78, 5) is 11.4. The van der Waals surface area contributed by atoms with Crippen molar-refractivity contribution < 1.29 is 9.53 Å². The molecule has 1 aromatic rings. The first-order chi connectivity index (χ1) is 8.81. The van der Waals surface area contributed by atoms with Gasteiger partial charge in [0.25, 0.3) is 0 Å². The van der Waals surface area contributed by atoms with Gasteiger partial charge in [-0.15, -0.1) is 0 Å². The van der Waals surface area contributed by atoms with Crippen LogP contribution in [0.25, 0.3) is 0 Å². The van der Waals surface area contributed by atoms with Gasteiger partial charge in [0.15, 0.2) is 0 Å². The van der Waals surface area contributed by atoms with Crippen molar-refractivity contribution in [2.75, 3.05) is 19.7 Å².